The summed E-state index contributed by atoms with van der Waals surface area (Å²) >= 11 is 6.06. The first-order valence-electron chi connectivity index (χ1n) is 12.6. The molecule has 0 radical (unpaired) electrons. The lowest BCUT2D eigenvalue weighted by atomic mass is 9.81. The van der Waals surface area contributed by atoms with Gasteiger partial charge in [-0.3, -0.25) is 19.2 Å². The molecule has 1 saturated carbocycles. The number of nitrogens with zero attached hydrogens (tertiary/aromatic N) is 1. The SMILES string of the molecule is CN(C)C(=O)[C@H]1CC[C@H](NC(=O)c2cc3cc(Cl)ccc3[nH]2)[C@H](NC(=O)C(=O)CC2CCNCC2)C1. The second kappa shape index (κ2) is 11.4. The third-order valence-corrected chi connectivity index (χ3v) is 7.52. The van der Waals surface area contributed by atoms with Gasteiger partial charge in [-0.05, 0) is 75.4 Å². The number of Topliss-reactive ketones (excluding diaryl/α,β-unsaturated/α-hetero) is 1. The zero-order chi connectivity index (χ0) is 25.8. The molecular formula is C26H34ClN5O4. The molecule has 1 aliphatic heterocycles. The molecule has 3 amide bonds. The quantitative estimate of drug-likeness (QED) is 0.421. The average Bonchev–Trinajstić information content (AvgIpc) is 3.28. The van der Waals surface area contributed by atoms with Gasteiger partial charge in [0.25, 0.3) is 11.8 Å². The van der Waals surface area contributed by atoms with Crippen molar-refractivity contribution in [2.75, 3.05) is 27.2 Å². The minimum atomic E-state index is -0.643. The Hall–Kier alpha value is -2.91. The molecule has 4 rings (SSSR count). The molecule has 3 atom stereocenters. The summed E-state index contributed by atoms with van der Waals surface area (Å²) in [5, 5.41) is 10.5. The van der Waals surface area contributed by atoms with Crippen LogP contribution in [-0.2, 0) is 14.4 Å². The molecule has 0 unspecified atom stereocenters. The van der Waals surface area contributed by atoms with Gasteiger partial charge >= 0.3 is 0 Å². The zero-order valence-corrected chi connectivity index (χ0v) is 21.5. The second-order valence-electron chi connectivity index (χ2n) is 10.1. The monoisotopic (exact) mass is 515 g/mol. The number of aromatic nitrogens is 1. The van der Waals surface area contributed by atoms with E-state index in [-0.39, 0.29) is 30.1 Å². The van der Waals surface area contributed by atoms with Crippen molar-refractivity contribution in [3.8, 4) is 0 Å². The second-order valence-corrected chi connectivity index (χ2v) is 10.6. The van der Waals surface area contributed by atoms with E-state index >= 15 is 0 Å². The molecule has 1 aliphatic carbocycles. The average molecular weight is 516 g/mol. The van der Waals surface area contributed by atoms with E-state index in [1.807, 2.05) is 6.07 Å². The molecule has 9 nitrogen and oxygen atoms in total. The molecular weight excluding hydrogens is 482 g/mol. The van der Waals surface area contributed by atoms with Crippen LogP contribution >= 0.6 is 11.6 Å². The Morgan fingerprint density at radius 3 is 2.47 bits per heavy atom. The molecule has 1 aromatic carbocycles. The first-order valence-corrected chi connectivity index (χ1v) is 12.9. The highest BCUT2D eigenvalue weighted by Gasteiger charge is 2.37. The summed E-state index contributed by atoms with van der Waals surface area (Å²) in [6, 6.07) is 6.13. The first kappa shape index (κ1) is 26.2. The maximum atomic E-state index is 13.1. The highest BCUT2D eigenvalue weighted by Crippen LogP contribution is 2.27. The molecule has 2 aliphatic rings. The molecule has 194 valence electrons. The topological polar surface area (TPSA) is 123 Å². The van der Waals surface area contributed by atoms with Crippen molar-refractivity contribution in [2.24, 2.45) is 11.8 Å². The van der Waals surface area contributed by atoms with Gasteiger partial charge in [0.05, 0.1) is 6.04 Å². The van der Waals surface area contributed by atoms with Crippen LogP contribution in [0.25, 0.3) is 10.9 Å². The van der Waals surface area contributed by atoms with Crippen molar-refractivity contribution in [1.29, 1.82) is 0 Å². The summed E-state index contributed by atoms with van der Waals surface area (Å²) in [6.07, 6.45) is 3.41. The number of hydrogen-bond acceptors (Lipinski definition) is 5. The number of fused-ring (bicyclic) bond motifs is 1. The van der Waals surface area contributed by atoms with E-state index in [1.165, 1.54) is 0 Å². The Labute approximate surface area is 215 Å². The molecule has 0 spiro atoms. The van der Waals surface area contributed by atoms with Crippen molar-refractivity contribution >= 4 is 46.0 Å². The number of ketones is 1. The van der Waals surface area contributed by atoms with E-state index < -0.39 is 23.8 Å². The maximum absolute atomic E-state index is 13.1. The predicted octanol–water partition coefficient (Wildman–Crippen LogP) is 2.25. The smallest absolute Gasteiger partial charge is 0.287 e. The van der Waals surface area contributed by atoms with Crippen molar-refractivity contribution < 1.29 is 19.2 Å². The molecule has 36 heavy (non-hydrogen) atoms. The number of aromatic amines is 1. The third kappa shape index (κ3) is 6.25. The Balaban J connectivity index is 1.45. The van der Waals surface area contributed by atoms with Gasteiger partial charge in [-0.15, -0.1) is 0 Å². The summed E-state index contributed by atoms with van der Waals surface area (Å²) in [7, 11) is 3.41. The van der Waals surface area contributed by atoms with Gasteiger partial charge in [-0.25, -0.2) is 0 Å². The van der Waals surface area contributed by atoms with Crippen LogP contribution in [0.4, 0.5) is 0 Å². The van der Waals surface area contributed by atoms with Crippen molar-refractivity contribution in [3.05, 3.63) is 35.0 Å². The van der Waals surface area contributed by atoms with Gasteiger partial charge in [0, 0.05) is 48.4 Å². The lowest BCUT2D eigenvalue weighted by Crippen LogP contribution is -2.57. The molecule has 10 heteroatoms. The van der Waals surface area contributed by atoms with E-state index in [4.69, 9.17) is 11.6 Å². The van der Waals surface area contributed by atoms with Gasteiger partial charge in [0.1, 0.15) is 5.69 Å². The number of piperidine rings is 1. The van der Waals surface area contributed by atoms with Crippen LogP contribution in [0.5, 0.6) is 0 Å². The van der Waals surface area contributed by atoms with E-state index in [2.05, 4.69) is 20.9 Å². The largest absolute Gasteiger partial charge is 0.351 e. The molecule has 4 N–H and O–H groups in total. The number of nitrogens with one attached hydrogen (secondary N) is 4. The van der Waals surface area contributed by atoms with E-state index in [1.54, 1.807) is 37.2 Å². The van der Waals surface area contributed by atoms with Crippen LogP contribution in [0.1, 0.15) is 49.0 Å². The molecule has 2 fully saturated rings. The first-order chi connectivity index (χ1) is 17.2. The fourth-order valence-corrected chi connectivity index (χ4v) is 5.43. The Bertz CT molecular complexity index is 1140. The van der Waals surface area contributed by atoms with Crippen molar-refractivity contribution in [2.45, 2.75) is 50.6 Å². The highest BCUT2D eigenvalue weighted by atomic mass is 35.5. The summed E-state index contributed by atoms with van der Waals surface area (Å²) in [4.78, 5) is 55.9. The van der Waals surface area contributed by atoms with Crippen LogP contribution in [0.3, 0.4) is 0 Å². The lowest BCUT2D eigenvalue weighted by molar-refractivity contribution is -0.140. The van der Waals surface area contributed by atoms with E-state index in [0.717, 1.165) is 36.8 Å². The summed E-state index contributed by atoms with van der Waals surface area (Å²) in [5.74, 6) is -1.51. The number of carbonyl (C=O) groups excluding carboxylic acids is 4. The standard InChI is InChI=1S/C26H34ClN5O4/c1-32(2)26(36)16-3-5-20(30-24(34)22-14-17-12-18(27)4-6-19(17)29-22)21(13-16)31-25(35)23(33)11-15-7-9-28-10-8-15/h4,6,12,14-16,20-21,28-29H,3,5,7-11,13H2,1-2H3,(H,30,34)(H,31,35)/t16-,20-,21+/m0/s1. The fraction of sp³-hybridized carbons (Fsp3) is 0.538. The normalized spacial score (nSPS) is 22.7. The number of rotatable bonds is 7. The van der Waals surface area contributed by atoms with Crippen LogP contribution in [0, 0.1) is 11.8 Å². The molecule has 2 heterocycles. The van der Waals surface area contributed by atoms with Crippen LogP contribution in [-0.4, -0.2) is 72.7 Å². The minimum Gasteiger partial charge on any atom is -0.351 e. The number of amides is 3. The van der Waals surface area contributed by atoms with Crippen molar-refractivity contribution in [1.82, 2.24) is 25.8 Å². The summed E-state index contributed by atoms with van der Waals surface area (Å²) < 4.78 is 0. The third-order valence-electron chi connectivity index (χ3n) is 7.29. The number of benzene rings is 1. The van der Waals surface area contributed by atoms with Crippen LogP contribution in [0.2, 0.25) is 5.02 Å². The maximum Gasteiger partial charge on any atom is 0.287 e. The van der Waals surface area contributed by atoms with Gasteiger partial charge in [-0.1, -0.05) is 11.6 Å². The zero-order valence-electron chi connectivity index (χ0n) is 20.7. The lowest BCUT2D eigenvalue weighted by Gasteiger charge is -2.37. The molecule has 1 saturated heterocycles. The van der Waals surface area contributed by atoms with E-state index in [9.17, 15) is 19.2 Å². The van der Waals surface area contributed by atoms with Gasteiger partial charge in [0.15, 0.2) is 0 Å². The summed E-state index contributed by atoms with van der Waals surface area (Å²) in [5.41, 5.74) is 1.17. The Morgan fingerprint density at radius 1 is 1.00 bits per heavy atom. The molecule has 1 aromatic heterocycles. The van der Waals surface area contributed by atoms with Crippen molar-refractivity contribution in [3.63, 3.8) is 0 Å². The molecule has 0 bridgehead atoms. The van der Waals surface area contributed by atoms with Gasteiger partial charge in [0.2, 0.25) is 11.7 Å². The Kier molecular flexibility index (Phi) is 8.31. The van der Waals surface area contributed by atoms with Gasteiger partial charge in [-0.2, -0.15) is 0 Å². The summed E-state index contributed by atoms with van der Waals surface area (Å²) in [6.45, 7) is 1.70. The van der Waals surface area contributed by atoms with Crippen LogP contribution in [0.15, 0.2) is 24.3 Å². The number of hydrogen-bond donors (Lipinski definition) is 4. The minimum absolute atomic E-state index is 0.0208. The molecule has 2 aromatic rings. The highest BCUT2D eigenvalue weighted by molar-refractivity contribution is 6.36. The van der Waals surface area contributed by atoms with E-state index in [0.29, 0.717) is 30.0 Å². The Morgan fingerprint density at radius 2 is 1.75 bits per heavy atom. The van der Waals surface area contributed by atoms with Crippen LogP contribution < -0.4 is 16.0 Å². The van der Waals surface area contributed by atoms with Gasteiger partial charge < -0.3 is 25.8 Å². The number of halogens is 1. The predicted molar refractivity (Wildman–Crippen MR) is 138 cm³/mol. The number of carbonyl (C=O) groups is 4. The fourth-order valence-electron chi connectivity index (χ4n) is 5.25. The number of H-pyrrole nitrogens is 1.